The van der Waals surface area contributed by atoms with Crippen LogP contribution in [0, 0.1) is 6.92 Å². The van der Waals surface area contributed by atoms with Gasteiger partial charge in [-0.3, -0.25) is 0 Å². The van der Waals surface area contributed by atoms with Gasteiger partial charge in [0.05, 0.1) is 0 Å². The normalized spacial score (nSPS) is 10.3. The molecule has 0 atom stereocenters. The zero-order valence-electron chi connectivity index (χ0n) is 15.0. The van der Waals surface area contributed by atoms with Crippen molar-refractivity contribution >= 4 is 35.6 Å². The van der Waals surface area contributed by atoms with E-state index in [1.54, 1.807) is 6.07 Å². The van der Waals surface area contributed by atoms with E-state index in [1.165, 1.54) is 16.7 Å². The molecule has 27 heavy (non-hydrogen) atoms. The van der Waals surface area contributed by atoms with Crippen molar-refractivity contribution in [2.24, 2.45) is 0 Å². The molecule has 0 fully saturated rings. The Morgan fingerprint density at radius 1 is 0.815 bits per heavy atom. The van der Waals surface area contributed by atoms with Crippen LogP contribution in [0.4, 0.5) is 0 Å². The lowest BCUT2D eigenvalue weighted by molar-refractivity contribution is 0.306. The Labute approximate surface area is 176 Å². The van der Waals surface area contributed by atoms with E-state index in [9.17, 15) is 0 Å². The predicted octanol–water partition coefficient (Wildman–Crippen LogP) is 6.59. The fourth-order valence-electron chi connectivity index (χ4n) is 2.56. The van der Waals surface area contributed by atoms with Crippen LogP contribution in [0.15, 0.2) is 66.7 Å². The summed E-state index contributed by atoms with van der Waals surface area (Å²) in [6.45, 7) is 4.19. The lowest BCUT2D eigenvalue weighted by Gasteiger charge is -2.10. The molecule has 0 amide bonds. The van der Waals surface area contributed by atoms with Gasteiger partial charge in [-0.2, -0.15) is 0 Å². The molecule has 0 radical (unpaired) electrons. The molecule has 0 aliphatic carbocycles. The highest BCUT2D eigenvalue weighted by Gasteiger charge is 2.03. The Hall–Kier alpha value is -1.71. The third-order valence-corrected chi connectivity index (χ3v) is 4.70. The van der Waals surface area contributed by atoms with Gasteiger partial charge in [0.2, 0.25) is 0 Å². The molecule has 3 aromatic carbocycles. The van der Waals surface area contributed by atoms with Gasteiger partial charge in [0.25, 0.3) is 0 Å². The van der Waals surface area contributed by atoms with Crippen LogP contribution in [0.2, 0.25) is 10.0 Å². The second-order valence-corrected chi connectivity index (χ2v) is 7.10. The van der Waals surface area contributed by atoms with E-state index in [-0.39, 0.29) is 12.4 Å². The number of ether oxygens (including phenoxy) is 1. The van der Waals surface area contributed by atoms with Crippen molar-refractivity contribution in [2.45, 2.75) is 26.6 Å². The van der Waals surface area contributed by atoms with Crippen molar-refractivity contribution in [3.63, 3.8) is 0 Å². The second kappa shape index (κ2) is 10.6. The second-order valence-electron chi connectivity index (χ2n) is 6.26. The third kappa shape index (κ3) is 6.75. The number of hydrogen-bond donors (Lipinski definition) is 1. The molecule has 5 heteroatoms. The largest absolute Gasteiger partial charge is 0.489 e. The van der Waals surface area contributed by atoms with Crippen molar-refractivity contribution in [3.05, 3.63) is 99.0 Å². The topological polar surface area (TPSA) is 21.3 Å². The summed E-state index contributed by atoms with van der Waals surface area (Å²) in [5.41, 5.74) is 4.70. The Morgan fingerprint density at radius 3 is 2.00 bits per heavy atom. The Kier molecular flexibility index (Phi) is 8.46. The van der Waals surface area contributed by atoms with Gasteiger partial charge < -0.3 is 10.1 Å². The molecular weight excluding hydrogens is 401 g/mol. The predicted molar refractivity (Wildman–Crippen MR) is 116 cm³/mol. The summed E-state index contributed by atoms with van der Waals surface area (Å²) < 4.78 is 5.80. The molecular formula is C22H22Cl3NO. The molecule has 0 aliphatic heterocycles. The average Bonchev–Trinajstić information content (AvgIpc) is 2.64. The van der Waals surface area contributed by atoms with Crippen LogP contribution in [0.1, 0.15) is 22.3 Å². The van der Waals surface area contributed by atoms with E-state index in [1.807, 2.05) is 24.3 Å². The van der Waals surface area contributed by atoms with Crippen LogP contribution in [-0.4, -0.2) is 0 Å². The van der Waals surface area contributed by atoms with E-state index in [2.05, 4.69) is 48.6 Å². The van der Waals surface area contributed by atoms with Gasteiger partial charge in [-0.05, 0) is 42.3 Å². The van der Waals surface area contributed by atoms with E-state index in [0.29, 0.717) is 16.7 Å². The maximum absolute atomic E-state index is 6.16. The minimum atomic E-state index is 0. The molecule has 0 heterocycles. The van der Waals surface area contributed by atoms with Crippen molar-refractivity contribution < 1.29 is 4.74 Å². The van der Waals surface area contributed by atoms with Gasteiger partial charge >= 0.3 is 0 Å². The number of rotatable bonds is 7. The maximum atomic E-state index is 6.16. The molecule has 0 spiro atoms. The monoisotopic (exact) mass is 421 g/mol. The summed E-state index contributed by atoms with van der Waals surface area (Å²) in [6, 6.07) is 22.1. The van der Waals surface area contributed by atoms with Gasteiger partial charge in [0, 0.05) is 28.7 Å². The van der Waals surface area contributed by atoms with Crippen LogP contribution in [0.25, 0.3) is 0 Å². The molecule has 0 saturated carbocycles. The van der Waals surface area contributed by atoms with Crippen LogP contribution >= 0.6 is 35.6 Å². The van der Waals surface area contributed by atoms with Gasteiger partial charge in [-0.1, -0.05) is 71.2 Å². The Morgan fingerprint density at radius 2 is 1.41 bits per heavy atom. The average molecular weight is 423 g/mol. The highest BCUT2D eigenvalue weighted by Crippen LogP contribution is 2.23. The van der Waals surface area contributed by atoms with Crippen molar-refractivity contribution in [3.8, 4) is 5.75 Å². The summed E-state index contributed by atoms with van der Waals surface area (Å²) >= 11 is 12.1. The van der Waals surface area contributed by atoms with E-state index in [4.69, 9.17) is 27.9 Å². The minimum absolute atomic E-state index is 0. The maximum Gasteiger partial charge on any atom is 0.119 e. The quantitative estimate of drug-likeness (QED) is 0.463. The molecule has 3 aromatic rings. The summed E-state index contributed by atoms with van der Waals surface area (Å²) in [4.78, 5) is 0. The standard InChI is InChI=1S/C22H21Cl2NO.ClH/c1-16-2-4-17(5-3-16)13-25-14-18-6-10-21(11-7-18)26-15-19-8-9-20(23)12-22(19)24;/h2-12,25H,13-15H2,1H3;1H. The molecule has 0 saturated heterocycles. The molecule has 0 bridgehead atoms. The molecule has 3 rings (SSSR count). The highest BCUT2D eigenvalue weighted by atomic mass is 35.5. The first kappa shape index (κ1) is 21.6. The van der Waals surface area contributed by atoms with Crippen LogP contribution in [0.3, 0.4) is 0 Å². The first-order chi connectivity index (χ1) is 12.6. The fraction of sp³-hybridized carbons (Fsp3) is 0.182. The van der Waals surface area contributed by atoms with Gasteiger partial charge in [0.15, 0.2) is 0 Å². The lowest BCUT2D eigenvalue weighted by Crippen LogP contribution is -2.12. The number of halogens is 3. The van der Waals surface area contributed by atoms with E-state index < -0.39 is 0 Å². The molecule has 0 aromatic heterocycles. The van der Waals surface area contributed by atoms with Gasteiger partial charge in [0.1, 0.15) is 12.4 Å². The Balaban J connectivity index is 0.00000261. The van der Waals surface area contributed by atoms with Crippen molar-refractivity contribution in [1.29, 1.82) is 0 Å². The van der Waals surface area contributed by atoms with Crippen LogP contribution in [-0.2, 0) is 19.7 Å². The highest BCUT2D eigenvalue weighted by molar-refractivity contribution is 6.35. The SMILES string of the molecule is Cc1ccc(CNCc2ccc(OCc3ccc(Cl)cc3Cl)cc2)cc1.Cl. The van der Waals surface area contributed by atoms with Crippen molar-refractivity contribution in [2.75, 3.05) is 0 Å². The Bertz CT molecular complexity index is 848. The minimum Gasteiger partial charge on any atom is -0.489 e. The summed E-state index contributed by atoms with van der Waals surface area (Å²) in [6.07, 6.45) is 0. The smallest absolute Gasteiger partial charge is 0.119 e. The van der Waals surface area contributed by atoms with E-state index in [0.717, 1.165) is 24.4 Å². The van der Waals surface area contributed by atoms with Crippen LogP contribution < -0.4 is 10.1 Å². The first-order valence-electron chi connectivity index (χ1n) is 8.52. The summed E-state index contributed by atoms with van der Waals surface area (Å²) in [5, 5.41) is 4.70. The lowest BCUT2D eigenvalue weighted by atomic mass is 10.1. The molecule has 0 aliphatic rings. The summed E-state index contributed by atoms with van der Waals surface area (Å²) in [7, 11) is 0. The first-order valence-corrected chi connectivity index (χ1v) is 9.28. The van der Waals surface area contributed by atoms with Gasteiger partial charge in [-0.15, -0.1) is 12.4 Å². The number of aryl methyl sites for hydroxylation is 1. The summed E-state index contributed by atoms with van der Waals surface area (Å²) in [5.74, 6) is 0.818. The third-order valence-electron chi connectivity index (χ3n) is 4.11. The van der Waals surface area contributed by atoms with Crippen LogP contribution in [0.5, 0.6) is 5.75 Å². The molecule has 2 nitrogen and oxygen atoms in total. The number of hydrogen-bond acceptors (Lipinski definition) is 2. The number of nitrogens with one attached hydrogen (secondary N) is 1. The van der Waals surface area contributed by atoms with Crippen molar-refractivity contribution in [1.82, 2.24) is 5.32 Å². The molecule has 1 N–H and O–H groups in total. The number of benzene rings is 3. The zero-order valence-corrected chi connectivity index (χ0v) is 17.4. The molecule has 142 valence electrons. The van der Waals surface area contributed by atoms with E-state index >= 15 is 0 Å². The van der Waals surface area contributed by atoms with Gasteiger partial charge in [-0.25, -0.2) is 0 Å². The zero-order chi connectivity index (χ0) is 18.4. The molecule has 0 unspecified atom stereocenters. The fourth-order valence-corrected chi connectivity index (χ4v) is 3.02.